The molecule has 4 nitrogen and oxygen atoms in total. The zero-order valence-electron chi connectivity index (χ0n) is 41.8. The Morgan fingerprint density at radius 1 is 0.289 bits per heavy atom. The van der Waals surface area contributed by atoms with Crippen molar-refractivity contribution in [2.24, 2.45) is 0 Å². The van der Waals surface area contributed by atoms with Crippen LogP contribution >= 0.6 is 23.5 Å². The minimum Gasteiger partial charge on any atom is -0.458 e. The van der Waals surface area contributed by atoms with E-state index in [9.17, 15) is 0 Å². The number of anilines is 6. The number of rotatable bonds is 8. The van der Waals surface area contributed by atoms with Crippen LogP contribution in [0.4, 0.5) is 34.1 Å². The standard InChI is InChI=1S/C68H46B2N2O2S2/c1-43-29-31-55-59(33-43)73-61-37-53(71(49-23-11-5-12-24-49)51-27-15-21-47(35-51)45-17-7-3-8-18-45)39-65-67(61)69(55)57-41-58-64(42-63(57)75-65)76-66-40-54(38-62-68(66)70(58)56-32-30-44(2)34-60(56)74-62)72(50-25-13-6-14-26-50)52-28-16-22-48(36-52)46-19-9-4-10-20-46/h3-42H,1-2H3. The van der Waals surface area contributed by atoms with Gasteiger partial charge in [-0.15, -0.1) is 0 Å². The molecule has 0 aromatic heterocycles. The Morgan fingerprint density at radius 2 is 0.684 bits per heavy atom. The smallest absolute Gasteiger partial charge is 0.253 e. The summed E-state index contributed by atoms with van der Waals surface area (Å²) in [5.74, 6) is 3.61. The first-order valence-electron chi connectivity index (χ1n) is 25.9. The van der Waals surface area contributed by atoms with Crippen LogP contribution in [0.1, 0.15) is 11.1 Å². The van der Waals surface area contributed by atoms with Gasteiger partial charge in [-0.2, -0.15) is 0 Å². The van der Waals surface area contributed by atoms with Gasteiger partial charge in [0.2, 0.25) is 0 Å². The second kappa shape index (κ2) is 18.1. The Balaban J connectivity index is 0.900. The Morgan fingerprint density at radius 3 is 1.12 bits per heavy atom. The second-order valence-corrected chi connectivity index (χ2v) is 22.3. The van der Waals surface area contributed by atoms with Crippen LogP contribution in [0, 0.1) is 13.8 Å². The van der Waals surface area contributed by atoms with Crippen molar-refractivity contribution in [3.8, 4) is 45.3 Å². The number of ether oxygens (including phenoxy) is 2. The van der Waals surface area contributed by atoms with E-state index in [1.807, 2.05) is 23.5 Å². The number of hydrogen-bond acceptors (Lipinski definition) is 6. The molecule has 0 radical (unpaired) electrons. The van der Waals surface area contributed by atoms with Crippen molar-refractivity contribution < 1.29 is 9.47 Å². The maximum atomic E-state index is 7.12. The Bertz CT molecular complexity index is 3860. The summed E-state index contributed by atoms with van der Waals surface area (Å²) >= 11 is 3.73. The molecule has 4 aliphatic heterocycles. The molecule has 0 amide bonds. The van der Waals surface area contributed by atoms with Gasteiger partial charge in [-0.05, 0) is 148 Å². The zero-order valence-corrected chi connectivity index (χ0v) is 43.4. The molecule has 15 rings (SSSR count). The van der Waals surface area contributed by atoms with E-state index >= 15 is 0 Å². The van der Waals surface area contributed by atoms with Crippen LogP contribution in [-0.4, -0.2) is 13.4 Å². The van der Waals surface area contributed by atoms with E-state index in [0.717, 1.165) is 68.2 Å². The highest BCUT2D eigenvalue weighted by Crippen LogP contribution is 2.48. The van der Waals surface area contributed by atoms with E-state index in [4.69, 9.17) is 9.47 Å². The number of fused-ring (bicyclic) bond motifs is 8. The number of para-hydroxylation sites is 2. The van der Waals surface area contributed by atoms with Gasteiger partial charge in [-0.25, -0.2) is 0 Å². The maximum absolute atomic E-state index is 7.12. The number of nitrogens with zero attached hydrogens (tertiary/aromatic N) is 2. The van der Waals surface area contributed by atoms with Crippen molar-refractivity contribution in [1.29, 1.82) is 0 Å². The highest BCUT2D eigenvalue weighted by molar-refractivity contribution is 8.01. The average Bonchev–Trinajstić information content (AvgIpc) is 3.64. The molecule has 11 aromatic rings. The fraction of sp³-hybridized carbons (Fsp3) is 0.0294. The molecule has 0 atom stereocenters. The Hall–Kier alpha value is -8.55. The molecule has 0 spiro atoms. The van der Waals surface area contributed by atoms with E-state index < -0.39 is 0 Å². The molecule has 4 heterocycles. The SMILES string of the molecule is Cc1ccc2c(c1)Oc1cc(N(c3ccccc3)c3cccc(-c4ccccc4)c3)cc3c1B2c1cc2c(cc1S3)Sc1cc(N(c3ccccc3)c3cccc(-c4ccccc4)c3)cc3c1B2c1ccc(C)cc1O3. The molecule has 8 heteroatoms. The average molecular weight is 1010 g/mol. The van der Waals surface area contributed by atoms with E-state index in [1.54, 1.807) is 0 Å². The predicted octanol–water partition coefficient (Wildman–Crippen LogP) is 14.8. The lowest BCUT2D eigenvalue weighted by Gasteiger charge is -2.38. The summed E-state index contributed by atoms with van der Waals surface area (Å²) in [6.07, 6.45) is 0. The molecule has 0 N–H and O–H groups in total. The summed E-state index contributed by atoms with van der Waals surface area (Å²) in [4.78, 5) is 9.67. The minimum atomic E-state index is -0.0341. The first-order valence-corrected chi connectivity index (χ1v) is 27.6. The Labute approximate surface area is 452 Å². The van der Waals surface area contributed by atoms with Crippen LogP contribution in [0.5, 0.6) is 23.0 Å². The van der Waals surface area contributed by atoms with Gasteiger partial charge in [0.25, 0.3) is 13.4 Å². The van der Waals surface area contributed by atoms with Crippen molar-refractivity contribution >= 4 is 104 Å². The van der Waals surface area contributed by atoms with E-state index in [0.29, 0.717) is 0 Å². The molecular weight excluding hydrogens is 963 g/mol. The van der Waals surface area contributed by atoms with Crippen LogP contribution in [0.25, 0.3) is 22.3 Å². The van der Waals surface area contributed by atoms with Gasteiger partial charge in [-0.3, -0.25) is 0 Å². The molecular formula is C68H46B2N2O2S2. The Kier molecular flexibility index (Phi) is 10.7. The quantitative estimate of drug-likeness (QED) is 0.141. The molecule has 0 bridgehead atoms. The van der Waals surface area contributed by atoms with Gasteiger partial charge in [0.15, 0.2) is 0 Å². The third-order valence-electron chi connectivity index (χ3n) is 15.3. The molecule has 76 heavy (non-hydrogen) atoms. The number of hydrogen-bond donors (Lipinski definition) is 0. The summed E-state index contributed by atoms with van der Waals surface area (Å²) in [7, 11) is 0. The lowest BCUT2D eigenvalue weighted by molar-refractivity contribution is 0.486. The van der Waals surface area contributed by atoms with Crippen molar-refractivity contribution in [1.82, 2.24) is 0 Å². The fourth-order valence-electron chi connectivity index (χ4n) is 11.9. The van der Waals surface area contributed by atoms with Gasteiger partial charge in [0.05, 0.1) is 11.4 Å². The molecule has 0 aliphatic carbocycles. The van der Waals surface area contributed by atoms with E-state index in [2.05, 4.69) is 266 Å². The van der Waals surface area contributed by atoms with Crippen molar-refractivity contribution in [3.63, 3.8) is 0 Å². The molecule has 358 valence electrons. The summed E-state index contributed by atoms with van der Waals surface area (Å²) in [6, 6.07) is 88.3. The first-order chi connectivity index (χ1) is 37.5. The van der Waals surface area contributed by atoms with Gasteiger partial charge >= 0.3 is 0 Å². The highest BCUT2D eigenvalue weighted by atomic mass is 32.2. The molecule has 0 unspecified atom stereocenters. The largest absolute Gasteiger partial charge is 0.458 e. The first kappa shape index (κ1) is 44.9. The minimum absolute atomic E-state index is 0.0341. The van der Waals surface area contributed by atoms with Gasteiger partial charge in [0, 0.05) is 54.5 Å². The molecule has 4 aliphatic rings. The third kappa shape index (κ3) is 7.57. The predicted molar refractivity (Wildman–Crippen MR) is 320 cm³/mol. The van der Waals surface area contributed by atoms with Crippen molar-refractivity contribution in [2.75, 3.05) is 9.80 Å². The fourth-order valence-corrected chi connectivity index (χ4v) is 14.4. The van der Waals surface area contributed by atoms with Crippen LogP contribution < -0.4 is 52.1 Å². The van der Waals surface area contributed by atoms with Crippen LogP contribution in [-0.2, 0) is 0 Å². The van der Waals surface area contributed by atoms with Gasteiger partial charge < -0.3 is 19.3 Å². The normalized spacial score (nSPS) is 12.9. The van der Waals surface area contributed by atoms with Gasteiger partial charge in [-0.1, -0.05) is 186 Å². The zero-order chi connectivity index (χ0) is 50.4. The highest BCUT2D eigenvalue weighted by Gasteiger charge is 2.45. The van der Waals surface area contributed by atoms with E-state index in [1.165, 1.54) is 74.6 Å². The van der Waals surface area contributed by atoms with Gasteiger partial charge in [0.1, 0.15) is 23.0 Å². The lowest BCUT2D eigenvalue weighted by atomic mass is 9.32. The summed E-state index contributed by atoms with van der Waals surface area (Å²) in [6.45, 7) is 4.24. The maximum Gasteiger partial charge on any atom is 0.253 e. The van der Waals surface area contributed by atoms with Crippen LogP contribution in [0.2, 0.25) is 0 Å². The second-order valence-electron chi connectivity index (χ2n) is 20.2. The topological polar surface area (TPSA) is 24.9 Å². The summed E-state index contributed by atoms with van der Waals surface area (Å²) < 4.78 is 14.2. The number of benzene rings is 11. The van der Waals surface area contributed by atoms with Crippen LogP contribution in [0.15, 0.2) is 262 Å². The van der Waals surface area contributed by atoms with Crippen molar-refractivity contribution in [2.45, 2.75) is 33.4 Å². The van der Waals surface area contributed by atoms with E-state index in [-0.39, 0.29) is 13.4 Å². The van der Waals surface area contributed by atoms with Crippen molar-refractivity contribution in [3.05, 3.63) is 254 Å². The molecule has 0 saturated heterocycles. The van der Waals surface area contributed by atoms with Crippen LogP contribution in [0.3, 0.4) is 0 Å². The molecule has 0 fully saturated rings. The lowest BCUT2D eigenvalue weighted by Crippen LogP contribution is -2.62. The third-order valence-corrected chi connectivity index (χ3v) is 17.6. The number of aryl methyl sites for hydroxylation is 2. The molecule has 11 aromatic carbocycles. The monoisotopic (exact) mass is 1010 g/mol. The summed E-state index contributed by atoms with van der Waals surface area (Å²) in [5.41, 5.74) is 20.9. The molecule has 0 saturated carbocycles. The summed E-state index contributed by atoms with van der Waals surface area (Å²) in [5, 5.41) is 0.